The van der Waals surface area contributed by atoms with Crippen LogP contribution in [0.3, 0.4) is 0 Å². The SMILES string of the molecule is COc1ccc(-c2cccc3nc(C)c4c(c23)NCC4)cc1. The Labute approximate surface area is 130 Å². The molecule has 1 N–H and O–H groups in total. The van der Waals surface area contributed by atoms with Gasteiger partial charge in [-0.3, -0.25) is 4.98 Å². The van der Waals surface area contributed by atoms with Crippen LogP contribution in [0.2, 0.25) is 0 Å². The highest BCUT2D eigenvalue weighted by molar-refractivity contribution is 6.05. The van der Waals surface area contributed by atoms with E-state index < -0.39 is 0 Å². The van der Waals surface area contributed by atoms with Crippen molar-refractivity contribution in [2.75, 3.05) is 19.0 Å². The highest BCUT2D eigenvalue weighted by atomic mass is 16.5. The lowest BCUT2D eigenvalue weighted by atomic mass is 9.97. The molecule has 1 aromatic heterocycles. The van der Waals surface area contributed by atoms with E-state index in [4.69, 9.17) is 9.72 Å². The molecule has 0 fully saturated rings. The molecule has 4 rings (SSSR count). The summed E-state index contributed by atoms with van der Waals surface area (Å²) in [6.07, 6.45) is 1.06. The molecule has 2 heterocycles. The van der Waals surface area contributed by atoms with Crippen molar-refractivity contribution in [3.8, 4) is 16.9 Å². The molecular weight excluding hydrogens is 272 g/mol. The van der Waals surface area contributed by atoms with E-state index in [2.05, 4.69) is 42.6 Å². The van der Waals surface area contributed by atoms with Crippen molar-refractivity contribution in [2.24, 2.45) is 0 Å². The van der Waals surface area contributed by atoms with Gasteiger partial charge in [0.1, 0.15) is 5.75 Å². The number of aromatic nitrogens is 1. The van der Waals surface area contributed by atoms with Gasteiger partial charge in [-0.1, -0.05) is 24.3 Å². The van der Waals surface area contributed by atoms with E-state index in [-0.39, 0.29) is 0 Å². The topological polar surface area (TPSA) is 34.1 Å². The summed E-state index contributed by atoms with van der Waals surface area (Å²) in [6.45, 7) is 3.10. The number of benzene rings is 2. The Morgan fingerprint density at radius 2 is 1.91 bits per heavy atom. The highest BCUT2D eigenvalue weighted by Crippen LogP contribution is 2.38. The lowest BCUT2D eigenvalue weighted by Gasteiger charge is -2.13. The zero-order chi connectivity index (χ0) is 15.1. The molecule has 110 valence electrons. The summed E-state index contributed by atoms with van der Waals surface area (Å²) in [5.41, 5.74) is 7.21. The number of aryl methyl sites for hydroxylation is 1. The van der Waals surface area contributed by atoms with Crippen LogP contribution in [-0.2, 0) is 6.42 Å². The monoisotopic (exact) mass is 290 g/mol. The first-order chi connectivity index (χ1) is 10.8. The van der Waals surface area contributed by atoms with Gasteiger partial charge in [-0.05, 0) is 48.2 Å². The molecule has 3 heteroatoms. The standard InChI is InChI=1S/C19H18N2O/c1-12-15-10-11-20-19(15)18-16(4-3-5-17(18)21-12)13-6-8-14(22-2)9-7-13/h3-9,20H,10-11H2,1-2H3. The third-order valence-corrected chi connectivity index (χ3v) is 4.40. The van der Waals surface area contributed by atoms with Gasteiger partial charge in [0.15, 0.2) is 0 Å². The molecule has 0 atom stereocenters. The van der Waals surface area contributed by atoms with Crippen LogP contribution in [0.5, 0.6) is 5.75 Å². The largest absolute Gasteiger partial charge is 0.497 e. The second kappa shape index (κ2) is 5.02. The molecule has 0 saturated carbocycles. The van der Waals surface area contributed by atoms with Crippen LogP contribution in [-0.4, -0.2) is 18.6 Å². The van der Waals surface area contributed by atoms with Crippen LogP contribution in [0.15, 0.2) is 42.5 Å². The summed E-state index contributed by atoms with van der Waals surface area (Å²) >= 11 is 0. The van der Waals surface area contributed by atoms with E-state index in [1.165, 1.54) is 27.8 Å². The molecular formula is C19H18N2O. The van der Waals surface area contributed by atoms with Crippen molar-refractivity contribution >= 4 is 16.6 Å². The normalized spacial score (nSPS) is 13.0. The maximum absolute atomic E-state index is 5.26. The molecule has 3 nitrogen and oxygen atoms in total. The van der Waals surface area contributed by atoms with Crippen molar-refractivity contribution in [3.05, 3.63) is 53.7 Å². The molecule has 1 aliphatic heterocycles. The van der Waals surface area contributed by atoms with E-state index in [1.54, 1.807) is 7.11 Å². The third kappa shape index (κ3) is 1.93. The van der Waals surface area contributed by atoms with Crippen LogP contribution >= 0.6 is 0 Å². The summed E-state index contributed by atoms with van der Waals surface area (Å²) < 4.78 is 5.26. The quantitative estimate of drug-likeness (QED) is 0.768. The molecule has 0 spiro atoms. The molecule has 0 amide bonds. The summed E-state index contributed by atoms with van der Waals surface area (Å²) in [7, 11) is 1.69. The van der Waals surface area contributed by atoms with Gasteiger partial charge in [0, 0.05) is 23.3 Å². The lowest BCUT2D eigenvalue weighted by Crippen LogP contribution is -1.95. The van der Waals surface area contributed by atoms with Crippen molar-refractivity contribution in [2.45, 2.75) is 13.3 Å². The highest BCUT2D eigenvalue weighted by Gasteiger charge is 2.19. The lowest BCUT2D eigenvalue weighted by molar-refractivity contribution is 0.415. The number of rotatable bonds is 2. The number of hydrogen-bond acceptors (Lipinski definition) is 3. The van der Waals surface area contributed by atoms with E-state index >= 15 is 0 Å². The van der Waals surface area contributed by atoms with Gasteiger partial charge in [0.2, 0.25) is 0 Å². The fraction of sp³-hybridized carbons (Fsp3) is 0.211. The fourth-order valence-corrected chi connectivity index (χ4v) is 3.30. The minimum Gasteiger partial charge on any atom is -0.497 e. The molecule has 0 unspecified atom stereocenters. The van der Waals surface area contributed by atoms with Gasteiger partial charge in [-0.2, -0.15) is 0 Å². The van der Waals surface area contributed by atoms with Gasteiger partial charge in [0.25, 0.3) is 0 Å². The minimum absolute atomic E-state index is 0.876. The number of pyridine rings is 1. The van der Waals surface area contributed by atoms with Crippen LogP contribution in [0.1, 0.15) is 11.3 Å². The predicted molar refractivity (Wildman–Crippen MR) is 90.7 cm³/mol. The first-order valence-electron chi connectivity index (χ1n) is 7.58. The van der Waals surface area contributed by atoms with E-state index in [0.29, 0.717) is 0 Å². The summed E-state index contributed by atoms with van der Waals surface area (Å²) in [5, 5.41) is 4.78. The number of ether oxygens (including phenoxy) is 1. The summed E-state index contributed by atoms with van der Waals surface area (Å²) in [4.78, 5) is 4.80. The zero-order valence-corrected chi connectivity index (χ0v) is 12.8. The molecule has 0 bridgehead atoms. The molecule has 22 heavy (non-hydrogen) atoms. The summed E-state index contributed by atoms with van der Waals surface area (Å²) in [5.74, 6) is 0.876. The number of nitrogens with one attached hydrogen (secondary N) is 1. The minimum atomic E-state index is 0.876. The van der Waals surface area contributed by atoms with Gasteiger partial charge in [0.05, 0.1) is 12.6 Å². The van der Waals surface area contributed by atoms with Gasteiger partial charge in [-0.15, -0.1) is 0 Å². The molecule has 1 aliphatic rings. The van der Waals surface area contributed by atoms with Gasteiger partial charge < -0.3 is 10.1 Å². The second-order valence-electron chi connectivity index (χ2n) is 5.66. The molecule has 0 saturated heterocycles. The van der Waals surface area contributed by atoms with Gasteiger partial charge >= 0.3 is 0 Å². The molecule has 0 aliphatic carbocycles. The first-order valence-corrected chi connectivity index (χ1v) is 7.58. The fourth-order valence-electron chi connectivity index (χ4n) is 3.30. The van der Waals surface area contributed by atoms with Crippen LogP contribution in [0.4, 0.5) is 5.69 Å². The Bertz CT molecular complexity index is 853. The maximum Gasteiger partial charge on any atom is 0.118 e. The number of nitrogens with zero attached hydrogens (tertiary/aromatic N) is 1. The average Bonchev–Trinajstić information content (AvgIpc) is 3.05. The smallest absolute Gasteiger partial charge is 0.118 e. The van der Waals surface area contributed by atoms with E-state index in [1.807, 2.05) is 12.1 Å². The zero-order valence-electron chi connectivity index (χ0n) is 12.8. The molecule has 3 aromatic rings. The molecule has 2 aromatic carbocycles. The van der Waals surface area contributed by atoms with Crippen molar-refractivity contribution in [1.29, 1.82) is 0 Å². The number of methoxy groups -OCH3 is 1. The summed E-state index contributed by atoms with van der Waals surface area (Å²) in [6, 6.07) is 14.6. The Morgan fingerprint density at radius 3 is 2.68 bits per heavy atom. The van der Waals surface area contributed by atoms with Gasteiger partial charge in [-0.25, -0.2) is 0 Å². The Kier molecular flexibility index (Phi) is 3.00. The third-order valence-electron chi connectivity index (χ3n) is 4.40. The molecule has 0 radical (unpaired) electrons. The van der Waals surface area contributed by atoms with Crippen molar-refractivity contribution in [3.63, 3.8) is 0 Å². The van der Waals surface area contributed by atoms with Crippen LogP contribution in [0, 0.1) is 6.92 Å². The first kappa shape index (κ1) is 13.1. The van der Waals surface area contributed by atoms with Crippen LogP contribution in [0.25, 0.3) is 22.0 Å². The number of fused-ring (bicyclic) bond motifs is 3. The second-order valence-corrected chi connectivity index (χ2v) is 5.66. The average molecular weight is 290 g/mol. The maximum atomic E-state index is 5.26. The Balaban J connectivity index is 1.99. The Hall–Kier alpha value is -2.55. The Morgan fingerprint density at radius 1 is 1.09 bits per heavy atom. The van der Waals surface area contributed by atoms with E-state index in [9.17, 15) is 0 Å². The van der Waals surface area contributed by atoms with Crippen molar-refractivity contribution < 1.29 is 4.74 Å². The number of anilines is 1. The van der Waals surface area contributed by atoms with Crippen LogP contribution < -0.4 is 10.1 Å². The van der Waals surface area contributed by atoms with Crippen molar-refractivity contribution in [1.82, 2.24) is 4.98 Å². The number of hydrogen-bond donors (Lipinski definition) is 1. The predicted octanol–water partition coefficient (Wildman–Crippen LogP) is 4.19. The van der Waals surface area contributed by atoms with E-state index in [0.717, 1.165) is 29.9 Å².